The maximum Gasteiger partial charge on any atom is 0.272 e. The molecule has 94 valence electrons. The number of methoxy groups -OCH3 is 1. The summed E-state index contributed by atoms with van der Waals surface area (Å²) in [6, 6.07) is 7.62. The van der Waals surface area contributed by atoms with Crippen LogP contribution in [0.4, 0.5) is 0 Å². The molecule has 2 rings (SSSR count). The molecular weight excluding hydrogens is 248 g/mol. The van der Waals surface area contributed by atoms with Crippen LogP contribution in [-0.2, 0) is 0 Å². The van der Waals surface area contributed by atoms with E-state index in [0.29, 0.717) is 5.69 Å². The molecule has 1 aromatic heterocycles. The van der Waals surface area contributed by atoms with Crippen molar-refractivity contribution in [3.63, 3.8) is 0 Å². The van der Waals surface area contributed by atoms with Crippen molar-refractivity contribution in [3.05, 3.63) is 35.3 Å². The number of carbonyl (C=O) groups is 1. The summed E-state index contributed by atoms with van der Waals surface area (Å²) < 4.78 is 5.10. The Labute approximate surface area is 110 Å². The highest BCUT2D eigenvalue weighted by molar-refractivity contribution is 7.13. The van der Waals surface area contributed by atoms with Gasteiger partial charge in [-0.1, -0.05) is 0 Å². The van der Waals surface area contributed by atoms with Crippen LogP contribution < -0.4 is 4.74 Å². The maximum atomic E-state index is 11.7. The van der Waals surface area contributed by atoms with Crippen molar-refractivity contribution in [2.24, 2.45) is 0 Å². The maximum absolute atomic E-state index is 11.7. The highest BCUT2D eigenvalue weighted by atomic mass is 32.1. The van der Waals surface area contributed by atoms with Crippen LogP contribution in [0.15, 0.2) is 29.6 Å². The molecule has 0 aliphatic heterocycles. The Kier molecular flexibility index (Phi) is 3.62. The van der Waals surface area contributed by atoms with Gasteiger partial charge in [0.25, 0.3) is 5.91 Å². The van der Waals surface area contributed by atoms with Gasteiger partial charge in [0.15, 0.2) is 0 Å². The monoisotopic (exact) mass is 262 g/mol. The summed E-state index contributed by atoms with van der Waals surface area (Å²) >= 11 is 1.46. The van der Waals surface area contributed by atoms with Gasteiger partial charge < -0.3 is 9.64 Å². The van der Waals surface area contributed by atoms with Crippen LogP contribution in [0.25, 0.3) is 10.6 Å². The summed E-state index contributed by atoms with van der Waals surface area (Å²) in [5, 5.41) is 2.62. The average molecular weight is 262 g/mol. The van der Waals surface area contributed by atoms with Gasteiger partial charge in [0, 0.05) is 25.0 Å². The minimum Gasteiger partial charge on any atom is -0.497 e. The van der Waals surface area contributed by atoms with Crippen LogP contribution in [0.3, 0.4) is 0 Å². The lowest BCUT2D eigenvalue weighted by atomic mass is 10.2. The molecule has 0 aliphatic carbocycles. The number of aromatic nitrogens is 1. The van der Waals surface area contributed by atoms with Crippen molar-refractivity contribution < 1.29 is 9.53 Å². The summed E-state index contributed by atoms with van der Waals surface area (Å²) in [7, 11) is 5.07. The summed E-state index contributed by atoms with van der Waals surface area (Å²) in [5.41, 5.74) is 1.47. The molecule has 0 aliphatic rings. The van der Waals surface area contributed by atoms with Gasteiger partial charge in [0.1, 0.15) is 16.5 Å². The Morgan fingerprint density at radius 3 is 2.50 bits per heavy atom. The molecule has 0 atom stereocenters. The summed E-state index contributed by atoms with van der Waals surface area (Å²) in [6.07, 6.45) is 0. The summed E-state index contributed by atoms with van der Waals surface area (Å²) in [5.74, 6) is 0.728. The Hall–Kier alpha value is -1.88. The first-order valence-electron chi connectivity index (χ1n) is 5.43. The van der Waals surface area contributed by atoms with Crippen LogP contribution in [0.1, 0.15) is 10.5 Å². The fourth-order valence-corrected chi connectivity index (χ4v) is 2.27. The zero-order valence-corrected chi connectivity index (χ0v) is 11.3. The molecule has 0 fully saturated rings. The van der Waals surface area contributed by atoms with Gasteiger partial charge in [0.05, 0.1) is 7.11 Å². The van der Waals surface area contributed by atoms with Crippen molar-refractivity contribution in [2.75, 3.05) is 21.2 Å². The van der Waals surface area contributed by atoms with Gasteiger partial charge in [-0.15, -0.1) is 11.3 Å². The van der Waals surface area contributed by atoms with E-state index in [-0.39, 0.29) is 5.91 Å². The predicted octanol–water partition coefficient (Wildman–Crippen LogP) is 2.52. The van der Waals surface area contributed by atoms with E-state index in [1.807, 2.05) is 24.3 Å². The number of nitrogens with zero attached hydrogens (tertiary/aromatic N) is 2. The first-order valence-corrected chi connectivity index (χ1v) is 6.31. The third kappa shape index (κ3) is 2.51. The standard InChI is InChI=1S/C13H14N2O2S/c1-15(2)13(16)11-8-18-12(14-11)9-4-6-10(17-3)7-5-9/h4-8H,1-3H3. The van der Waals surface area contributed by atoms with Crippen molar-refractivity contribution >= 4 is 17.2 Å². The molecule has 1 heterocycles. The van der Waals surface area contributed by atoms with E-state index in [4.69, 9.17) is 4.74 Å². The largest absolute Gasteiger partial charge is 0.497 e. The third-order valence-electron chi connectivity index (χ3n) is 2.47. The number of rotatable bonds is 3. The first kappa shape index (κ1) is 12.6. The highest BCUT2D eigenvalue weighted by Crippen LogP contribution is 2.25. The third-order valence-corrected chi connectivity index (χ3v) is 3.36. The number of carbonyl (C=O) groups excluding carboxylic acids is 1. The number of ether oxygens (including phenoxy) is 1. The zero-order chi connectivity index (χ0) is 13.1. The van der Waals surface area contributed by atoms with Crippen molar-refractivity contribution in [1.82, 2.24) is 9.88 Å². The van der Waals surface area contributed by atoms with E-state index in [1.54, 1.807) is 26.6 Å². The van der Waals surface area contributed by atoms with E-state index in [9.17, 15) is 4.79 Å². The molecule has 0 N–H and O–H groups in total. The van der Waals surface area contributed by atoms with Crippen LogP contribution >= 0.6 is 11.3 Å². The molecule has 4 nitrogen and oxygen atoms in total. The number of amides is 1. The fraction of sp³-hybridized carbons (Fsp3) is 0.231. The number of hydrogen-bond donors (Lipinski definition) is 0. The van der Waals surface area contributed by atoms with Gasteiger partial charge in [-0.05, 0) is 24.3 Å². The zero-order valence-electron chi connectivity index (χ0n) is 10.5. The van der Waals surface area contributed by atoms with Crippen LogP contribution in [-0.4, -0.2) is 37.0 Å². The Morgan fingerprint density at radius 2 is 1.94 bits per heavy atom. The molecule has 1 aromatic carbocycles. The Bertz CT molecular complexity index is 546. The van der Waals surface area contributed by atoms with Crippen LogP contribution in [0, 0.1) is 0 Å². The molecule has 0 unspecified atom stereocenters. The Morgan fingerprint density at radius 1 is 1.28 bits per heavy atom. The van der Waals surface area contributed by atoms with E-state index in [0.717, 1.165) is 16.3 Å². The van der Waals surface area contributed by atoms with E-state index < -0.39 is 0 Å². The molecule has 0 spiro atoms. The first-order chi connectivity index (χ1) is 8.61. The smallest absolute Gasteiger partial charge is 0.272 e. The number of benzene rings is 1. The average Bonchev–Trinajstić information content (AvgIpc) is 2.87. The van der Waals surface area contributed by atoms with Crippen LogP contribution in [0.2, 0.25) is 0 Å². The number of thiazole rings is 1. The molecule has 0 saturated heterocycles. The predicted molar refractivity (Wildman–Crippen MR) is 72.1 cm³/mol. The van der Waals surface area contributed by atoms with E-state index in [1.165, 1.54) is 16.2 Å². The van der Waals surface area contributed by atoms with Gasteiger partial charge in [0.2, 0.25) is 0 Å². The van der Waals surface area contributed by atoms with Gasteiger partial charge in [-0.2, -0.15) is 0 Å². The molecule has 0 saturated carbocycles. The van der Waals surface area contributed by atoms with Crippen molar-refractivity contribution in [1.29, 1.82) is 0 Å². The molecule has 1 amide bonds. The van der Waals surface area contributed by atoms with E-state index >= 15 is 0 Å². The lowest BCUT2D eigenvalue weighted by Crippen LogP contribution is -2.21. The second kappa shape index (κ2) is 5.18. The molecule has 0 bridgehead atoms. The van der Waals surface area contributed by atoms with Crippen molar-refractivity contribution in [2.45, 2.75) is 0 Å². The minimum absolute atomic E-state index is 0.0778. The highest BCUT2D eigenvalue weighted by Gasteiger charge is 2.13. The molecule has 0 radical (unpaired) electrons. The SMILES string of the molecule is COc1ccc(-c2nc(C(=O)N(C)C)cs2)cc1. The summed E-state index contributed by atoms with van der Waals surface area (Å²) in [4.78, 5) is 17.6. The van der Waals surface area contributed by atoms with Crippen LogP contribution in [0.5, 0.6) is 5.75 Å². The lowest BCUT2D eigenvalue weighted by molar-refractivity contribution is 0.0823. The van der Waals surface area contributed by atoms with Crippen molar-refractivity contribution in [3.8, 4) is 16.3 Å². The fourth-order valence-electron chi connectivity index (χ4n) is 1.47. The minimum atomic E-state index is -0.0778. The topological polar surface area (TPSA) is 42.4 Å². The van der Waals surface area contributed by atoms with E-state index in [2.05, 4.69) is 4.98 Å². The molecule has 18 heavy (non-hydrogen) atoms. The molecular formula is C13H14N2O2S. The van der Waals surface area contributed by atoms with Gasteiger partial charge in [-0.25, -0.2) is 4.98 Å². The van der Waals surface area contributed by atoms with Gasteiger partial charge in [-0.3, -0.25) is 4.79 Å². The normalized spacial score (nSPS) is 10.2. The second-order valence-electron chi connectivity index (χ2n) is 3.97. The van der Waals surface area contributed by atoms with Gasteiger partial charge >= 0.3 is 0 Å². The quantitative estimate of drug-likeness (QED) is 0.853. The summed E-state index contributed by atoms with van der Waals surface area (Å²) in [6.45, 7) is 0. The number of hydrogen-bond acceptors (Lipinski definition) is 4. The lowest BCUT2D eigenvalue weighted by Gasteiger charge is -2.06. The second-order valence-corrected chi connectivity index (χ2v) is 4.82. The Balaban J connectivity index is 2.26. The molecule has 5 heteroatoms. The molecule has 2 aromatic rings.